The molecule has 3 heterocycles. The maximum Gasteiger partial charge on any atom is 0.329 e. The van der Waals surface area contributed by atoms with Gasteiger partial charge >= 0.3 is 5.97 Å². The third-order valence-corrected chi connectivity index (χ3v) is 14.5. The van der Waals surface area contributed by atoms with Crippen LogP contribution in [0, 0.1) is 35.5 Å². The van der Waals surface area contributed by atoms with Gasteiger partial charge in [0, 0.05) is 58.5 Å². The number of fused-ring (bicyclic) bond motifs is 3. The first-order valence-electron chi connectivity index (χ1n) is 23.9. The predicted octanol–water partition coefficient (Wildman–Crippen LogP) is 6.82. The summed E-state index contributed by atoms with van der Waals surface area (Å²) in [7, 11) is 4.52. The third-order valence-electron chi connectivity index (χ3n) is 14.5. The van der Waals surface area contributed by atoms with E-state index in [1.165, 1.54) is 12.0 Å². The minimum Gasteiger partial charge on any atom is -0.460 e. The zero-order chi connectivity index (χ0) is 48.2. The number of carbonyl (C=O) groups excluding carboxylic acids is 5. The number of rotatable bonds is 6. The van der Waals surface area contributed by atoms with Gasteiger partial charge in [0.2, 0.25) is 5.79 Å². The summed E-state index contributed by atoms with van der Waals surface area (Å²) in [4.78, 5) is 71.8. The van der Waals surface area contributed by atoms with Crippen molar-refractivity contribution >= 4 is 29.2 Å². The molecule has 1 saturated carbocycles. The maximum absolute atomic E-state index is 14.4. The number of ketones is 3. The number of ether oxygens (including phenoxy) is 5. The fraction of sp³-hybridized carbons (Fsp3) is 0.750. The van der Waals surface area contributed by atoms with Gasteiger partial charge in [-0.05, 0) is 107 Å². The highest BCUT2D eigenvalue weighted by Crippen LogP contribution is 2.38. The van der Waals surface area contributed by atoms with Crippen LogP contribution in [0.15, 0.2) is 47.6 Å². The minimum atomic E-state index is -2.43. The molecule has 1 amide bonds. The van der Waals surface area contributed by atoms with Gasteiger partial charge in [-0.1, -0.05) is 78.5 Å². The molecule has 66 heavy (non-hydrogen) atoms. The van der Waals surface area contributed by atoms with E-state index >= 15 is 0 Å². The summed E-state index contributed by atoms with van der Waals surface area (Å²) in [5.74, 6) is -7.96. The molecule has 3 N–H and O–H groups in total. The van der Waals surface area contributed by atoms with E-state index in [1.807, 2.05) is 58.1 Å². The van der Waals surface area contributed by atoms with Crippen LogP contribution in [0.5, 0.6) is 0 Å². The van der Waals surface area contributed by atoms with Gasteiger partial charge in [0.25, 0.3) is 11.7 Å². The Morgan fingerprint density at radius 2 is 1.56 bits per heavy atom. The molecule has 15 unspecified atom stereocenters. The molecule has 14 nitrogen and oxygen atoms in total. The molecule has 3 aliphatic heterocycles. The molecule has 0 spiro atoms. The van der Waals surface area contributed by atoms with Gasteiger partial charge in [-0.3, -0.25) is 19.2 Å². The van der Waals surface area contributed by atoms with E-state index in [1.54, 1.807) is 41.1 Å². The van der Waals surface area contributed by atoms with Crippen LogP contribution in [-0.2, 0) is 47.7 Å². The highest BCUT2D eigenvalue weighted by atomic mass is 16.6. The van der Waals surface area contributed by atoms with E-state index in [0.29, 0.717) is 63.4 Å². The fourth-order valence-corrected chi connectivity index (χ4v) is 10.1. The second kappa shape index (κ2) is 26.4. The smallest absolute Gasteiger partial charge is 0.329 e. The molecule has 0 aromatic rings. The van der Waals surface area contributed by atoms with E-state index in [4.69, 9.17) is 23.7 Å². The van der Waals surface area contributed by atoms with Crippen LogP contribution in [0.2, 0.25) is 0 Å². The van der Waals surface area contributed by atoms with Crippen molar-refractivity contribution in [2.75, 3.05) is 27.9 Å². The van der Waals surface area contributed by atoms with Gasteiger partial charge in [-0.15, -0.1) is 0 Å². The quantitative estimate of drug-likeness (QED) is 0.143. The van der Waals surface area contributed by atoms with Crippen molar-refractivity contribution in [3.63, 3.8) is 0 Å². The minimum absolute atomic E-state index is 0. The molecule has 4 aliphatic rings. The Morgan fingerprint density at radius 3 is 2.23 bits per heavy atom. The number of Topliss-reactive ketones (excluding diaryl/α,β-unsaturated/α-hetero) is 3. The molecular weight excluding hydrogens is 847 g/mol. The van der Waals surface area contributed by atoms with E-state index in [-0.39, 0.29) is 62.2 Å². The lowest BCUT2D eigenvalue weighted by Gasteiger charge is -2.42. The van der Waals surface area contributed by atoms with Crippen molar-refractivity contribution in [1.82, 2.24) is 4.90 Å². The fourth-order valence-electron chi connectivity index (χ4n) is 10.1. The maximum atomic E-state index is 14.4. The summed E-state index contributed by atoms with van der Waals surface area (Å²) in [5, 5.41) is 33.8. The molecule has 14 heteroatoms. The summed E-state index contributed by atoms with van der Waals surface area (Å²) >= 11 is 0. The van der Waals surface area contributed by atoms with E-state index in [2.05, 4.69) is 0 Å². The Bertz CT molecular complexity index is 1760. The third kappa shape index (κ3) is 14.8. The molecule has 1 aliphatic carbocycles. The molecule has 374 valence electrons. The number of carbonyl (C=O) groups is 5. The number of piperidine rings is 1. The Balaban J connectivity index is 0.0000116. The number of hydrogen-bond acceptors (Lipinski definition) is 13. The van der Waals surface area contributed by atoms with Crippen LogP contribution in [0.4, 0.5) is 0 Å². The number of aliphatic hydroxyl groups excluding tert-OH is 2. The van der Waals surface area contributed by atoms with Crippen molar-refractivity contribution in [3.8, 4) is 0 Å². The first-order chi connectivity index (χ1) is 30.7. The SMILES string of the molecule is C.COC1CC2CCC(C)C(O)(O2)C(=O)C(=O)N2CCCCC2C(=O)OC(C(C)CC2CCC(O)C(OC)C2)CC(=O)C(C)/C=C(\C)C(O)C(OC)C(=O)C(C)CC(C)/C=C/C=CC=C1C. The van der Waals surface area contributed by atoms with Crippen LogP contribution in [0.25, 0.3) is 0 Å². The standard InChI is InChI=1S/C51H79NO13.CH4/c1-30-16-12-11-13-17-31(2)42(61-8)28-38-21-19-36(7)51(60,65-38)48(57)49(58)52-23-15-14-18-39(52)50(59)64-43(33(4)26-37-20-22-40(53)44(27-37)62-9)29-41(54)32(3)25-35(6)46(56)47(63-10)45(55)34(5)24-30;/h11-13,16-17,25,30,32-34,36-40,42-44,46-47,53,56,60H,14-15,18-24,26-29H2,1-10H3;1H4/b13-11?,16-12+,31-17?,35-25+;. The van der Waals surface area contributed by atoms with Gasteiger partial charge in [0.15, 0.2) is 5.78 Å². The van der Waals surface area contributed by atoms with Gasteiger partial charge in [0.1, 0.15) is 30.1 Å². The molecule has 0 aromatic heterocycles. The summed E-state index contributed by atoms with van der Waals surface area (Å²) in [6.07, 6.45) is 11.2. The lowest BCUT2D eigenvalue weighted by atomic mass is 9.78. The summed E-state index contributed by atoms with van der Waals surface area (Å²) in [6.45, 7) is 12.7. The molecule has 0 radical (unpaired) electrons. The Morgan fingerprint density at radius 1 is 0.848 bits per heavy atom. The van der Waals surface area contributed by atoms with Crippen molar-refractivity contribution in [2.24, 2.45) is 35.5 Å². The average Bonchev–Trinajstić information content (AvgIpc) is 3.28. The molecule has 2 saturated heterocycles. The van der Waals surface area contributed by atoms with Crippen molar-refractivity contribution in [3.05, 3.63) is 47.6 Å². The Labute approximate surface area is 394 Å². The Kier molecular flexibility index (Phi) is 22.8. The number of methoxy groups -OCH3 is 3. The molecule has 3 fully saturated rings. The summed E-state index contributed by atoms with van der Waals surface area (Å²) in [5.41, 5.74) is 1.27. The second-order valence-corrected chi connectivity index (χ2v) is 19.6. The van der Waals surface area contributed by atoms with Gasteiger partial charge in [-0.2, -0.15) is 0 Å². The normalized spacial score (nSPS) is 38.5. The summed E-state index contributed by atoms with van der Waals surface area (Å²) < 4.78 is 29.4. The van der Waals surface area contributed by atoms with Crippen molar-refractivity contribution in [2.45, 2.75) is 187 Å². The van der Waals surface area contributed by atoms with E-state index in [9.17, 15) is 39.3 Å². The number of amides is 1. The van der Waals surface area contributed by atoms with E-state index in [0.717, 1.165) is 12.0 Å². The molecule has 15 atom stereocenters. The lowest BCUT2D eigenvalue weighted by molar-refractivity contribution is -0.265. The van der Waals surface area contributed by atoms with Gasteiger partial charge in [-0.25, -0.2) is 4.79 Å². The zero-order valence-corrected chi connectivity index (χ0v) is 40.6. The Hall–Kier alpha value is -3.37. The average molecular weight is 930 g/mol. The van der Waals surface area contributed by atoms with Crippen LogP contribution in [0.1, 0.15) is 133 Å². The number of nitrogens with zero attached hydrogens (tertiary/aromatic N) is 1. The van der Waals surface area contributed by atoms with E-state index < -0.39 is 83.9 Å². The number of esters is 1. The van der Waals surface area contributed by atoms with Crippen LogP contribution >= 0.6 is 0 Å². The van der Waals surface area contributed by atoms with Crippen molar-refractivity contribution < 1.29 is 63.0 Å². The second-order valence-electron chi connectivity index (χ2n) is 19.6. The van der Waals surface area contributed by atoms with Crippen LogP contribution in [-0.4, -0.2) is 132 Å². The van der Waals surface area contributed by atoms with Crippen molar-refractivity contribution in [1.29, 1.82) is 0 Å². The van der Waals surface area contributed by atoms with Crippen LogP contribution in [0.3, 0.4) is 0 Å². The van der Waals surface area contributed by atoms with Crippen LogP contribution < -0.4 is 0 Å². The number of cyclic esters (lactones) is 1. The molecular formula is C52H83NO13. The summed E-state index contributed by atoms with van der Waals surface area (Å²) in [6, 6.07) is -1.14. The first-order valence-corrected chi connectivity index (χ1v) is 23.9. The lowest BCUT2D eigenvalue weighted by Crippen LogP contribution is -2.61. The predicted molar refractivity (Wildman–Crippen MR) is 252 cm³/mol. The molecule has 2 bridgehead atoms. The largest absolute Gasteiger partial charge is 0.460 e. The number of hydrogen-bond donors (Lipinski definition) is 3. The van der Waals surface area contributed by atoms with Gasteiger partial charge in [0.05, 0.1) is 24.4 Å². The highest BCUT2D eigenvalue weighted by molar-refractivity contribution is 6.39. The monoisotopic (exact) mass is 930 g/mol. The zero-order valence-electron chi connectivity index (χ0n) is 40.6. The molecule has 0 aromatic carbocycles. The number of allylic oxidation sites excluding steroid dienone is 6. The highest BCUT2D eigenvalue weighted by Gasteiger charge is 2.53. The topological polar surface area (TPSA) is 195 Å². The van der Waals surface area contributed by atoms with Gasteiger partial charge < -0.3 is 43.9 Å². The first kappa shape index (κ1) is 57.0. The number of aliphatic hydroxyl groups is 3. The molecule has 4 rings (SSSR count).